The summed E-state index contributed by atoms with van der Waals surface area (Å²) in [5.41, 5.74) is 5.20. The average Bonchev–Trinajstić information content (AvgIpc) is 2.08. The standard InChI is InChI=1S/C7H6FN3O2/c8-3-1-4-7(11-6(3)9)10-5(12)2-13-4/h1H,2H2,(H3,9,10,11,12). The van der Waals surface area contributed by atoms with Crippen LogP contribution in [0.1, 0.15) is 0 Å². The first-order valence-electron chi connectivity index (χ1n) is 3.55. The summed E-state index contributed by atoms with van der Waals surface area (Å²) >= 11 is 0. The van der Waals surface area contributed by atoms with E-state index in [1.807, 2.05) is 0 Å². The van der Waals surface area contributed by atoms with Crippen molar-refractivity contribution in [1.82, 2.24) is 4.98 Å². The van der Waals surface area contributed by atoms with Gasteiger partial charge in [0.25, 0.3) is 5.91 Å². The van der Waals surface area contributed by atoms with E-state index in [0.29, 0.717) is 0 Å². The second kappa shape index (κ2) is 2.58. The van der Waals surface area contributed by atoms with E-state index in [4.69, 9.17) is 10.5 Å². The third kappa shape index (κ3) is 1.26. The molecular formula is C7H6FN3O2. The number of nitrogen functional groups attached to an aromatic ring is 1. The van der Waals surface area contributed by atoms with E-state index >= 15 is 0 Å². The second-order valence-corrected chi connectivity index (χ2v) is 2.54. The third-order valence-corrected chi connectivity index (χ3v) is 1.58. The van der Waals surface area contributed by atoms with E-state index < -0.39 is 5.82 Å². The predicted octanol–water partition coefficient (Wildman–Crippen LogP) is 0.134. The van der Waals surface area contributed by atoms with Crippen molar-refractivity contribution in [3.05, 3.63) is 11.9 Å². The van der Waals surface area contributed by atoms with Crippen LogP contribution in [0.2, 0.25) is 0 Å². The van der Waals surface area contributed by atoms with Crippen LogP contribution in [0.15, 0.2) is 6.07 Å². The number of carbonyl (C=O) groups is 1. The zero-order valence-corrected chi connectivity index (χ0v) is 6.50. The van der Waals surface area contributed by atoms with Gasteiger partial charge in [0.2, 0.25) is 0 Å². The van der Waals surface area contributed by atoms with Gasteiger partial charge in [-0.05, 0) is 0 Å². The van der Waals surface area contributed by atoms with E-state index in [1.54, 1.807) is 0 Å². The van der Waals surface area contributed by atoms with Gasteiger partial charge in [0.15, 0.2) is 29.8 Å². The molecule has 68 valence electrons. The number of nitrogens with two attached hydrogens (primary N) is 1. The molecule has 0 fully saturated rings. The number of aromatic nitrogens is 1. The topological polar surface area (TPSA) is 77.2 Å². The zero-order valence-electron chi connectivity index (χ0n) is 6.50. The first-order valence-corrected chi connectivity index (χ1v) is 3.55. The monoisotopic (exact) mass is 183 g/mol. The van der Waals surface area contributed by atoms with Crippen LogP contribution in [0.3, 0.4) is 0 Å². The van der Waals surface area contributed by atoms with Crippen LogP contribution in [0.5, 0.6) is 5.75 Å². The molecule has 2 rings (SSSR count). The van der Waals surface area contributed by atoms with Gasteiger partial charge in [-0.25, -0.2) is 9.37 Å². The highest BCUT2D eigenvalue weighted by atomic mass is 19.1. The molecule has 0 saturated carbocycles. The number of anilines is 2. The maximum atomic E-state index is 12.8. The average molecular weight is 183 g/mol. The Morgan fingerprint density at radius 2 is 2.46 bits per heavy atom. The molecular weight excluding hydrogens is 177 g/mol. The quantitative estimate of drug-likeness (QED) is 0.599. The first kappa shape index (κ1) is 7.78. The Kier molecular flexibility index (Phi) is 1.54. The van der Waals surface area contributed by atoms with Crippen molar-refractivity contribution in [2.45, 2.75) is 0 Å². The van der Waals surface area contributed by atoms with Gasteiger partial charge in [-0.2, -0.15) is 0 Å². The van der Waals surface area contributed by atoms with Crippen molar-refractivity contribution < 1.29 is 13.9 Å². The van der Waals surface area contributed by atoms with E-state index in [9.17, 15) is 9.18 Å². The molecule has 0 radical (unpaired) electrons. The molecule has 0 saturated heterocycles. The second-order valence-electron chi connectivity index (χ2n) is 2.54. The fourth-order valence-corrected chi connectivity index (χ4v) is 0.997. The summed E-state index contributed by atoms with van der Waals surface area (Å²) in [4.78, 5) is 14.4. The highest BCUT2D eigenvalue weighted by molar-refractivity contribution is 5.94. The van der Waals surface area contributed by atoms with Crippen LogP contribution in [0, 0.1) is 5.82 Å². The third-order valence-electron chi connectivity index (χ3n) is 1.58. The lowest BCUT2D eigenvalue weighted by molar-refractivity contribution is -0.118. The number of carbonyl (C=O) groups excluding carboxylic acids is 1. The van der Waals surface area contributed by atoms with Gasteiger partial charge in [0.1, 0.15) is 0 Å². The van der Waals surface area contributed by atoms with Crippen LogP contribution < -0.4 is 15.8 Å². The maximum absolute atomic E-state index is 12.8. The molecule has 13 heavy (non-hydrogen) atoms. The number of pyridine rings is 1. The molecule has 1 amide bonds. The lowest BCUT2D eigenvalue weighted by Gasteiger charge is -2.16. The van der Waals surface area contributed by atoms with Crippen LogP contribution >= 0.6 is 0 Å². The number of amides is 1. The molecule has 5 nitrogen and oxygen atoms in total. The number of halogens is 1. The number of rotatable bonds is 0. The van der Waals surface area contributed by atoms with Crippen LogP contribution in [-0.4, -0.2) is 17.5 Å². The smallest absolute Gasteiger partial charge is 0.263 e. The van der Waals surface area contributed by atoms with Crippen LogP contribution in [0.4, 0.5) is 16.0 Å². The molecule has 6 heteroatoms. The van der Waals surface area contributed by atoms with Gasteiger partial charge < -0.3 is 15.8 Å². The predicted molar refractivity (Wildman–Crippen MR) is 42.7 cm³/mol. The SMILES string of the molecule is Nc1nc2c(cc1F)OCC(=O)N2. The first-order chi connectivity index (χ1) is 6.16. The van der Waals surface area contributed by atoms with Crippen molar-refractivity contribution in [2.75, 3.05) is 17.7 Å². The Morgan fingerprint density at radius 3 is 3.23 bits per heavy atom. The van der Waals surface area contributed by atoms with Gasteiger partial charge in [0.05, 0.1) is 0 Å². The van der Waals surface area contributed by atoms with E-state index in [0.717, 1.165) is 6.07 Å². The van der Waals surface area contributed by atoms with Gasteiger partial charge in [0, 0.05) is 6.07 Å². The maximum Gasteiger partial charge on any atom is 0.263 e. The molecule has 0 aromatic carbocycles. The fraction of sp³-hybridized carbons (Fsp3) is 0.143. The molecule has 0 spiro atoms. The van der Waals surface area contributed by atoms with E-state index in [-0.39, 0.29) is 29.9 Å². The number of nitrogens with one attached hydrogen (secondary N) is 1. The van der Waals surface area contributed by atoms with E-state index in [2.05, 4.69) is 10.3 Å². The number of hydrogen-bond acceptors (Lipinski definition) is 4. The lowest BCUT2D eigenvalue weighted by Crippen LogP contribution is -2.26. The molecule has 0 atom stereocenters. The largest absolute Gasteiger partial charge is 0.480 e. The Labute approximate surface area is 72.7 Å². The minimum absolute atomic E-state index is 0.127. The number of hydrogen-bond donors (Lipinski definition) is 2. The molecule has 3 N–H and O–H groups in total. The summed E-state index contributed by atoms with van der Waals surface area (Å²) in [6.07, 6.45) is 0. The summed E-state index contributed by atoms with van der Waals surface area (Å²) in [7, 11) is 0. The van der Waals surface area contributed by atoms with Crippen molar-refractivity contribution in [1.29, 1.82) is 0 Å². The van der Waals surface area contributed by atoms with Gasteiger partial charge >= 0.3 is 0 Å². The number of nitrogens with zero attached hydrogens (tertiary/aromatic N) is 1. The van der Waals surface area contributed by atoms with Crippen molar-refractivity contribution >= 4 is 17.5 Å². The van der Waals surface area contributed by atoms with Gasteiger partial charge in [-0.1, -0.05) is 0 Å². The molecule has 0 aliphatic carbocycles. The highest BCUT2D eigenvalue weighted by Gasteiger charge is 2.19. The van der Waals surface area contributed by atoms with Crippen molar-refractivity contribution in [3.63, 3.8) is 0 Å². The number of fused-ring (bicyclic) bond motifs is 1. The molecule has 0 bridgehead atoms. The number of ether oxygens (including phenoxy) is 1. The van der Waals surface area contributed by atoms with Crippen LogP contribution in [0.25, 0.3) is 0 Å². The summed E-state index contributed by atoms with van der Waals surface area (Å²) in [5.74, 6) is -0.882. The molecule has 1 aliphatic rings. The summed E-state index contributed by atoms with van der Waals surface area (Å²) in [6.45, 7) is -0.127. The Hall–Kier alpha value is -1.85. The molecule has 1 aromatic heterocycles. The summed E-state index contributed by atoms with van der Waals surface area (Å²) < 4.78 is 17.7. The lowest BCUT2D eigenvalue weighted by atomic mass is 10.3. The molecule has 0 unspecified atom stereocenters. The summed E-state index contributed by atoms with van der Waals surface area (Å²) in [5, 5.41) is 2.41. The van der Waals surface area contributed by atoms with Crippen LogP contribution in [-0.2, 0) is 4.79 Å². The minimum atomic E-state index is -0.658. The van der Waals surface area contributed by atoms with Gasteiger partial charge in [-0.3, -0.25) is 4.79 Å². The fourth-order valence-electron chi connectivity index (χ4n) is 0.997. The minimum Gasteiger partial charge on any atom is -0.480 e. The zero-order chi connectivity index (χ0) is 9.42. The van der Waals surface area contributed by atoms with Crippen molar-refractivity contribution in [2.24, 2.45) is 0 Å². The molecule has 1 aliphatic heterocycles. The van der Waals surface area contributed by atoms with E-state index in [1.165, 1.54) is 0 Å². The van der Waals surface area contributed by atoms with Crippen molar-refractivity contribution in [3.8, 4) is 5.75 Å². The normalized spacial score (nSPS) is 14.4. The van der Waals surface area contributed by atoms with Gasteiger partial charge in [-0.15, -0.1) is 0 Å². The Balaban J connectivity index is 2.49. The molecule has 1 aromatic rings. The Bertz CT molecular complexity index is 380. The molecule has 2 heterocycles. The summed E-state index contributed by atoms with van der Waals surface area (Å²) in [6, 6.07) is 1.09. The highest BCUT2D eigenvalue weighted by Crippen LogP contribution is 2.27. The Morgan fingerprint density at radius 1 is 1.69 bits per heavy atom.